The summed E-state index contributed by atoms with van der Waals surface area (Å²) in [6.45, 7) is 2.25. The van der Waals surface area contributed by atoms with Gasteiger partial charge >= 0.3 is 0 Å². The van der Waals surface area contributed by atoms with E-state index in [0.717, 1.165) is 18.7 Å². The third kappa shape index (κ3) is 5.61. The van der Waals surface area contributed by atoms with Crippen LogP contribution in [0.1, 0.15) is 35.2 Å². The smallest absolute Gasteiger partial charge is 0.180 e. The molecule has 3 nitrogen and oxygen atoms in total. The highest BCUT2D eigenvalue weighted by Crippen LogP contribution is 2.27. The van der Waals surface area contributed by atoms with Crippen LogP contribution in [-0.4, -0.2) is 46.4 Å². The first-order valence-electron chi connectivity index (χ1n) is 9.38. The number of benzene rings is 2. The summed E-state index contributed by atoms with van der Waals surface area (Å²) >= 11 is 6.25. The predicted molar refractivity (Wildman–Crippen MR) is 106 cm³/mol. The van der Waals surface area contributed by atoms with Gasteiger partial charge in [-0.15, -0.1) is 11.6 Å². The summed E-state index contributed by atoms with van der Waals surface area (Å²) in [5, 5.41) is 10.2. The Hall–Kier alpha value is -1.75. The van der Waals surface area contributed by atoms with Gasteiger partial charge in [0, 0.05) is 25.1 Å². The van der Waals surface area contributed by atoms with Gasteiger partial charge in [0.15, 0.2) is 5.78 Å². The van der Waals surface area contributed by atoms with Crippen LogP contribution in [0.5, 0.6) is 0 Å². The molecule has 1 unspecified atom stereocenters. The number of likely N-dealkylation sites (tertiary alicyclic amines) is 1. The number of piperidine rings is 1. The molecule has 0 spiro atoms. The molecule has 3 rings (SSSR count). The van der Waals surface area contributed by atoms with Crippen molar-refractivity contribution >= 4 is 17.4 Å². The van der Waals surface area contributed by atoms with E-state index in [0.29, 0.717) is 37.8 Å². The highest BCUT2D eigenvalue weighted by Gasteiger charge is 2.32. The first-order chi connectivity index (χ1) is 13.0. The zero-order chi connectivity index (χ0) is 19.3. The summed E-state index contributed by atoms with van der Waals surface area (Å²) in [7, 11) is 0. The van der Waals surface area contributed by atoms with E-state index in [9.17, 15) is 14.3 Å². The second-order valence-electron chi connectivity index (χ2n) is 7.36. The summed E-state index contributed by atoms with van der Waals surface area (Å²) in [4.78, 5) is 14.5. The Kier molecular flexibility index (Phi) is 6.64. The fourth-order valence-corrected chi connectivity index (χ4v) is 3.82. The van der Waals surface area contributed by atoms with Crippen molar-refractivity contribution in [3.05, 3.63) is 71.5 Å². The van der Waals surface area contributed by atoms with E-state index in [-0.39, 0.29) is 5.78 Å². The highest BCUT2D eigenvalue weighted by molar-refractivity contribution is 6.33. The third-order valence-electron chi connectivity index (χ3n) is 5.26. The van der Waals surface area contributed by atoms with Gasteiger partial charge in [-0.25, -0.2) is 4.39 Å². The Morgan fingerprint density at radius 3 is 2.52 bits per heavy atom. The molecule has 0 radical (unpaired) electrons. The van der Waals surface area contributed by atoms with Crippen LogP contribution in [0.3, 0.4) is 0 Å². The number of hydrogen-bond donors (Lipinski definition) is 1. The average Bonchev–Trinajstić information content (AvgIpc) is 2.67. The number of alkyl halides is 1. The van der Waals surface area contributed by atoms with Crippen molar-refractivity contribution in [1.82, 2.24) is 4.90 Å². The van der Waals surface area contributed by atoms with Crippen molar-refractivity contribution < 1.29 is 14.3 Å². The lowest BCUT2D eigenvalue weighted by Gasteiger charge is -2.38. The Morgan fingerprint density at radius 1 is 1.15 bits per heavy atom. The maximum absolute atomic E-state index is 13.3. The molecule has 0 bridgehead atoms. The lowest BCUT2D eigenvalue weighted by molar-refractivity contribution is -0.0207. The van der Waals surface area contributed by atoms with Crippen LogP contribution in [0.4, 0.5) is 4.39 Å². The lowest BCUT2D eigenvalue weighted by Crippen LogP contribution is -2.46. The molecule has 0 aliphatic carbocycles. The molecule has 1 aliphatic heterocycles. The normalized spacial score (nSPS) is 18.2. The second-order valence-corrected chi connectivity index (χ2v) is 7.89. The van der Waals surface area contributed by atoms with Gasteiger partial charge in [-0.3, -0.25) is 4.79 Å². The minimum Gasteiger partial charge on any atom is -0.389 e. The summed E-state index contributed by atoms with van der Waals surface area (Å²) in [6.07, 6.45) is 2.57. The number of carbonyl (C=O) groups excluding carboxylic acids is 1. The Bertz CT molecular complexity index is 760. The minimum atomic E-state index is -0.671. The van der Waals surface area contributed by atoms with Crippen LogP contribution < -0.4 is 0 Å². The molecule has 27 heavy (non-hydrogen) atoms. The van der Waals surface area contributed by atoms with Gasteiger partial charge in [0.1, 0.15) is 5.82 Å². The first-order valence-corrected chi connectivity index (χ1v) is 9.81. The zero-order valence-corrected chi connectivity index (χ0v) is 16.0. The molecular formula is C22H25ClFNO2. The lowest BCUT2D eigenvalue weighted by atomic mass is 9.85. The first kappa shape index (κ1) is 20.0. The molecule has 144 valence electrons. The molecule has 1 atom stereocenters. The number of carbonyl (C=O) groups is 1. The van der Waals surface area contributed by atoms with Gasteiger partial charge in [-0.1, -0.05) is 42.5 Å². The predicted octanol–water partition coefficient (Wildman–Crippen LogP) is 4.08. The van der Waals surface area contributed by atoms with E-state index in [4.69, 9.17) is 11.6 Å². The number of aliphatic hydroxyl groups is 1. The molecule has 1 saturated heterocycles. The largest absolute Gasteiger partial charge is 0.389 e. The van der Waals surface area contributed by atoms with Gasteiger partial charge in [-0.2, -0.15) is 0 Å². The van der Waals surface area contributed by atoms with E-state index in [2.05, 4.69) is 4.90 Å². The van der Waals surface area contributed by atoms with Gasteiger partial charge in [-0.05, 0) is 43.5 Å². The van der Waals surface area contributed by atoms with Crippen LogP contribution in [0.15, 0.2) is 54.6 Å². The third-order valence-corrected chi connectivity index (χ3v) is 5.67. The monoisotopic (exact) mass is 389 g/mol. The SMILES string of the molecule is O=C(c1cccc(F)c1)C(Cl)CCN1CCC(O)(Cc2ccccc2)CC1. The summed E-state index contributed by atoms with van der Waals surface area (Å²) in [5.41, 5.74) is 0.788. The van der Waals surface area contributed by atoms with Crippen LogP contribution in [-0.2, 0) is 6.42 Å². The maximum atomic E-state index is 13.3. The molecule has 1 aliphatic rings. The molecule has 1 heterocycles. The summed E-state index contributed by atoms with van der Waals surface area (Å²) in [5.74, 6) is -0.674. The quantitative estimate of drug-likeness (QED) is 0.573. The van der Waals surface area contributed by atoms with Crippen LogP contribution in [0.25, 0.3) is 0 Å². The number of hydrogen-bond acceptors (Lipinski definition) is 3. The van der Waals surface area contributed by atoms with Crippen molar-refractivity contribution in [2.24, 2.45) is 0 Å². The standard InChI is InChI=1S/C22H25ClFNO2/c23-20(21(26)18-7-4-8-19(24)15-18)9-12-25-13-10-22(27,11-14-25)16-17-5-2-1-3-6-17/h1-8,15,20,27H,9-14,16H2. The van der Waals surface area contributed by atoms with E-state index >= 15 is 0 Å². The van der Waals surface area contributed by atoms with Crippen molar-refractivity contribution in [3.8, 4) is 0 Å². The minimum absolute atomic E-state index is 0.242. The van der Waals surface area contributed by atoms with E-state index < -0.39 is 16.8 Å². The van der Waals surface area contributed by atoms with Gasteiger partial charge < -0.3 is 10.0 Å². The van der Waals surface area contributed by atoms with Crippen molar-refractivity contribution in [2.75, 3.05) is 19.6 Å². The molecular weight excluding hydrogens is 365 g/mol. The van der Waals surface area contributed by atoms with Crippen molar-refractivity contribution in [3.63, 3.8) is 0 Å². The molecule has 0 amide bonds. The summed E-state index contributed by atoms with van der Waals surface area (Å²) in [6, 6.07) is 15.7. The van der Waals surface area contributed by atoms with Gasteiger partial charge in [0.25, 0.3) is 0 Å². The topological polar surface area (TPSA) is 40.5 Å². The molecule has 1 N–H and O–H groups in total. The molecule has 5 heteroatoms. The van der Waals surface area contributed by atoms with Crippen LogP contribution in [0, 0.1) is 5.82 Å². The van der Waals surface area contributed by atoms with Crippen molar-refractivity contribution in [1.29, 1.82) is 0 Å². The fraction of sp³-hybridized carbons (Fsp3) is 0.409. The second kappa shape index (κ2) is 8.96. The highest BCUT2D eigenvalue weighted by atomic mass is 35.5. The Balaban J connectivity index is 1.46. The number of Topliss-reactive ketones (excluding diaryl/α,β-unsaturated/α-hetero) is 1. The number of rotatable bonds is 7. The van der Waals surface area contributed by atoms with Crippen LogP contribution in [0.2, 0.25) is 0 Å². The van der Waals surface area contributed by atoms with Crippen molar-refractivity contribution in [2.45, 2.75) is 36.7 Å². The molecule has 2 aromatic rings. The zero-order valence-electron chi connectivity index (χ0n) is 15.3. The van der Waals surface area contributed by atoms with E-state index in [1.54, 1.807) is 6.07 Å². The van der Waals surface area contributed by atoms with E-state index in [1.807, 2.05) is 30.3 Å². The maximum Gasteiger partial charge on any atom is 0.180 e. The van der Waals surface area contributed by atoms with E-state index in [1.165, 1.54) is 18.2 Å². The summed E-state index contributed by atoms with van der Waals surface area (Å²) < 4.78 is 13.3. The number of ketones is 1. The Labute approximate surface area is 164 Å². The number of halogens is 2. The molecule has 0 aromatic heterocycles. The molecule has 1 fully saturated rings. The Morgan fingerprint density at radius 2 is 1.85 bits per heavy atom. The fourth-order valence-electron chi connectivity index (χ4n) is 3.60. The number of nitrogens with zero attached hydrogens (tertiary/aromatic N) is 1. The molecule has 2 aromatic carbocycles. The van der Waals surface area contributed by atoms with Crippen LogP contribution >= 0.6 is 11.6 Å². The molecule has 0 saturated carbocycles. The van der Waals surface area contributed by atoms with Gasteiger partial charge in [0.2, 0.25) is 0 Å². The average molecular weight is 390 g/mol. The van der Waals surface area contributed by atoms with Gasteiger partial charge in [0.05, 0.1) is 11.0 Å².